The molecule has 4 unspecified atom stereocenters. The Hall–Kier alpha value is -3.75. The van der Waals surface area contributed by atoms with Gasteiger partial charge in [-0.3, -0.25) is 28.8 Å². The number of aliphatic carboxylic acids is 3. The van der Waals surface area contributed by atoms with Crippen LogP contribution < -0.4 is 27.4 Å². The predicted molar refractivity (Wildman–Crippen MR) is 114 cm³/mol. The molecule has 0 aromatic rings. The summed E-state index contributed by atoms with van der Waals surface area (Å²) in [6.07, 6.45) is -2.37. The van der Waals surface area contributed by atoms with Crippen molar-refractivity contribution in [1.29, 1.82) is 0 Å². The van der Waals surface area contributed by atoms with E-state index in [1.54, 1.807) is 13.8 Å². The van der Waals surface area contributed by atoms with Gasteiger partial charge < -0.3 is 42.7 Å². The maximum atomic E-state index is 12.6. The Kier molecular flexibility index (Phi) is 12.8. The largest absolute Gasteiger partial charge is 0.481 e. The Morgan fingerprint density at radius 2 is 1.21 bits per heavy atom. The molecule has 0 fully saturated rings. The molecular formula is C19H31N5O10. The zero-order valence-corrected chi connectivity index (χ0v) is 18.8. The van der Waals surface area contributed by atoms with Crippen LogP contribution in [-0.2, 0) is 33.6 Å². The third-order valence-electron chi connectivity index (χ3n) is 4.38. The summed E-state index contributed by atoms with van der Waals surface area (Å²) in [5.41, 5.74) is 10.6. The van der Waals surface area contributed by atoms with Crippen LogP contribution in [0.2, 0.25) is 0 Å². The molecule has 0 rings (SSSR count). The molecule has 0 aliphatic rings. The van der Waals surface area contributed by atoms with Gasteiger partial charge in [-0.1, -0.05) is 13.8 Å². The third kappa shape index (κ3) is 12.3. The number of carboxylic acids is 3. The van der Waals surface area contributed by atoms with Gasteiger partial charge in [0.2, 0.25) is 23.6 Å². The van der Waals surface area contributed by atoms with E-state index in [4.69, 9.17) is 21.7 Å². The van der Waals surface area contributed by atoms with E-state index in [0.29, 0.717) is 0 Å². The Morgan fingerprint density at radius 3 is 1.62 bits per heavy atom. The molecule has 0 radical (unpaired) electrons. The Morgan fingerprint density at radius 1 is 0.735 bits per heavy atom. The van der Waals surface area contributed by atoms with Gasteiger partial charge in [-0.25, -0.2) is 4.79 Å². The quantitative estimate of drug-likeness (QED) is 0.109. The van der Waals surface area contributed by atoms with Crippen molar-refractivity contribution in [3.63, 3.8) is 0 Å². The van der Waals surface area contributed by atoms with Gasteiger partial charge in [-0.2, -0.15) is 0 Å². The molecule has 0 spiro atoms. The van der Waals surface area contributed by atoms with Crippen molar-refractivity contribution in [1.82, 2.24) is 16.0 Å². The highest BCUT2D eigenvalue weighted by atomic mass is 16.4. The molecule has 10 N–H and O–H groups in total. The molecule has 0 aromatic carbocycles. The first-order chi connectivity index (χ1) is 15.6. The van der Waals surface area contributed by atoms with Gasteiger partial charge in [0.15, 0.2) is 0 Å². The summed E-state index contributed by atoms with van der Waals surface area (Å²) >= 11 is 0. The minimum absolute atomic E-state index is 0.0459. The van der Waals surface area contributed by atoms with Gasteiger partial charge in [0, 0.05) is 6.42 Å². The van der Waals surface area contributed by atoms with Crippen LogP contribution in [-0.4, -0.2) is 81.0 Å². The van der Waals surface area contributed by atoms with Gasteiger partial charge in [0.25, 0.3) is 0 Å². The molecular weight excluding hydrogens is 458 g/mol. The second-order valence-electron chi connectivity index (χ2n) is 7.96. The van der Waals surface area contributed by atoms with Crippen LogP contribution in [0, 0.1) is 5.92 Å². The van der Waals surface area contributed by atoms with Crippen molar-refractivity contribution in [2.24, 2.45) is 17.4 Å². The smallest absolute Gasteiger partial charge is 0.326 e. The average molecular weight is 489 g/mol. The van der Waals surface area contributed by atoms with E-state index in [2.05, 4.69) is 16.0 Å². The molecule has 34 heavy (non-hydrogen) atoms. The molecule has 0 bridgehead atoms. The van der Waals surface area contributed by atoms with Crippen LogP contribution in [0.25, 0.3) is 0 Å². The van der Waals surface area contributed by atoms with Crippen LogP contribution in [0.4, 0.5) is 0 Å². The lowest BCUT2D eigenvalue weighted by Gasteiger charge is -2.24. The van der Waals surface area contributed by atoms with E-state index >= 15 is 0 Å². The summed E-state index contributed by atoms with van der Waals surface area (Å²) in [4.78, 5) is 81.9. The molecule has 0 heterocycles. The van der Waals surface area contributed by atoms with Crippen LogP contribution in [0.1, 0.15) is 46.0 Å². The standard InChI is InChI=1S/C19H31N5O10/c1-8(2)5-12(19(33)34)24-17(31)10(6-13(21)25)23-18(32)11(7-15(28)29)22-16(30)9(20)3-4-14(26)27/h8-12H,3-7,20H2,1-2H3,(H2,21,25)(H,22,30)(H,23,32)(H,24,31)(H,26,27)(H,28,29)(H,33,34). The third-order valence-corrected chi connectivity index (χ3v) is 4.38. The number of hydrogen-bond acceptors (Lipinski definition) is 8. The SMILES string of the molecule is CC(C)CC(NC(=O)C(CC(N)=O)NC(=O)C(CC(=O)O)NC(=O)C(N)CCC(=O)O)C(=O)O. The summed E-state index contributed by atoms with van der Waals surface area (Å²) in [5, 5.41) is 33.3. The summed E-state index contributed by atoms with van der Waals surface area (Å²) in [6.45, 7) is 3.43. The molecule has 0 aromatic heterocycles. The number of hydrogen-bond donors (Lipinski definition) is 8. The number of nitrogens with one attached hydrogen (secondary N) is 3. The fourth-order valence-electron chi connectivity index (χ4n) is 2.72. The number of primary amides is 1. The second-order valence-corrected chi connectivity index (χ2v) is 7.96. The van der Waals surface area contributed by atoms with E-state index in [-0.39, 0.29) is 18.8 Å². The fraction of sp³-hybridized carbons (Fsp3) is 0.632. The van der Waals surface area contributed by atoms with Gasteiger partial charge in [-0.05, 0) is 18.8 Å². The highest BCUT2D eigenvalue weighted by Crippen LogP contribution is 2.07. The van der Waals surface area contributed by atoms with Gasteiger partial charge in [0.1, 0.15) is 18.1 Å². The summed E-state index contributed by atoms with van der Waals surface area (Å²) in [5.74, 6) is -8.47. The molecule has 0 aliphatic heterocycles. The average Bonchev–Trinajstić information content (AvgIpc) is 2.68. The zero-order valence-electron chi connectivity index (χ0n) is 18.8. The first kappa shape index (κ1) is 30.2. The molecule has 4 atom stereocenters. The number of amides is 4. The van der Waals surface area contributed by atoms with Crippen LogP contribution >= 0.6 is 0 Å². The minimum atomic E-state index is -1.74. The molecule has 0 saturated carbocycles. The van der Waals surface area contributed by atoms with Crippen molar-refractivity contribution in [3.8, 4) is 0 Å². The second kappa shape index (κ2) is 14.4. The first-order valence-corrected chi connectivity index (χ1v) is 10.2. The number of carbonyl (C=O) groups is 7. The van der Waals surface area contributed by atoms with E-state index in [1.165, 1.54) is 0 Å². The lowest BCUT2D eigenvalue weighted by Crippen LogP contribution is -2.58. The summed E-state index contributed by atoms with van der Waals surface area (Å²) < 4.78 is 0. The summed E-state index contributed by atoms with van der Waals surface area (Å²) in [6, 6.07) is -6.10. The van der Waals surface area contributed by atoms with E-state index in [1.807, 2.05) is 0 Å². The van der Waals surface area contributed by atoms with Gasteiger partial charge >= 0.3 is 17.9 Å². The van der Waals surface area contributed by atoms with E-state index < -0.39 is 85.0 Å². The summed E-state index contributed by atoms with van der Waals surface area (Å²) in [7, 11) is 0. The number of carbonyl (C=O) groups excluding carboxylic acids is 4. The van der Waals surface area contributed by atoms with Crippen LogP contribution in [0.15, 0.2) is 0 Å². The molecule has 15 nitrogen and oxygen atoms in total. The zero-order chi connectivity index (χ0) is 26.6. The van der Waals surface area contributed by atoms with Crippen LogP contribution in [0.3, 0.4) is 0 Å². The Labute approximate surface area is 194 Å². The van der Waals surface area contributed by atoms with Crippen molar-refractivity contribution in [2.45, 2.75) is 70.1 Å². The molecule has 15 heteroatoms. The van der Waals surface area contributed by atoms with Crippen molar-refractivity contribution in [3.05, 3.63) is 0 Å². The number of rotatable bonds is 16. The van der Waals surface area contributed by atoms with E-state index in [0.717, 1.165) is 0 Å². The lowest BCUT2D eigenvalue weighted by molar-refractivity contribution is -0.144. The fourth-order valence-corrected chi connectivity index (χ4v) is 2.72. The molecule has 4 amide bonds. The van der Waals surface area contributed by atoms with Crippen LogP contribution in [0.5, 0.6) is 0 Å². The normalized spacial score (nSPS) is 14.2. The minimum Gasteiger partial charge on any atom is -0.481 e. The van der Waals surface area contributed by atoms with Gasteiger partial charge in [0.05, 0.1) is 18.9 Å². The topological polar surface area (TPSA) is 268 Å². The van der Waals surface area contributed by atoms with Gasteiger partial charge in [-0.15, -0.1) is 0 Å². The lowest BCUT2D eigenvalue weighted by atomic mass is 10.0. The van der Waals surface area contributed by atoms with Crippen molar-refractivity contribution >= 4 is 41.5 Å². The van der Waals surface area contributed by atoms with Crippen molar-refractivity contribution in [2.75, 3.05) is 0 Å². The van der Waals surface area contributed by atoms with E-state index in [9.17, 15) is 38.7 Å². The number of nitrogens with two attached hydrogens (primary N) is 2. The predicted octanol–water partition coefficient (Wildman–Crippen LogP) is -2.89. The Balaban J connectivity index is 5.52. The number of carboxylic acid groups (broad SMARTS) is 3. The maximum absolute atomic E-state index is 12.6. The Bertz CT molecular complexity index is 800. The molecule has 192 valence electrons. The maximum Gasteiger partial charge on any atom is 0.326 e. The first-order valence-electron chi connectivity index (χ1n) is 10.2. The van der Waals surface area contributed by atoms with Crippen molar-refractivity contribution < 1.29 is 48.9 Å². The monoisotopic (exact) mass is 489 g/mol. The molecule has 0 saturated heterocycles. The highest BCUT2D eigenvalue weighted by Gasteiger charge is 2.32. The highest BCUT2D eigenvalue weighted by molar-refractivity contribution is 5.97. The molecule has 0 aliphatic carbocycles.